The van der Waals surface area contributed by atoms with E-state index in [1.807, 2.05) is 0 Å². The van der Waals surface area contributed by atoms with E-state index < -0.39 is 5.97 Å². The third-order valence-electron chi connectivity index (χ3n) is 1.87. The summed E-state index contributed by atoms with van der Waals surface area (Å²) in [5.41, 5.74) is 0.834. The zero-order valence-corrected chi connectivity index (χ0v) is 10.3. The third-order valence-corrected chi connectivity index (χ3v) is 2.07. The standard InChI is InChI=1S/C11H12N2O3S/c1-7(14)12-11(17)13-9-6-4-3-5-8(9)10(15)16-2/h3-6H,1-2H3,(H2,12,13,14,17). The number of methoxy groups -OCH3 is 1. The topological polar surface area (TPSA) is 67.4 Å². The fourth-order valence-corrected chi connectivity index (χ4v) is 1.45. The highest BCUT2D eigenvalue weighted by Crippen LogP contribution is 2.15. The van der Waals surface area contributed by atoms with Crippen molar-refractivity contribution < 1.29 is 14.3 Å². The predicted octanol–water partition coefficient (Wildman–Crippen LogP) is 1.31. The number of para-hydroxylation sites is 1. The first-order valence-corrected chi connectivity index (χ1v) is 5.21. The van der Waals surface area contributed by atoms with E-state index in [2.05, 4.69) is 15.4 Å². The Balaban J connectivity index is 2.87. The molecule has 0 heterocycles. The molecule has 17 heavy (non-hydrogen) atoms. The van der Waals surface area contributed by atoms with Gasteiger partial charge in [-0.25, -0.2) is 4.79 Å². The smallest absolute Gasteiger partial charge is 0.339 e. The summed E-state index contributed by atoms with van der Waals surface area (Å²) in [6.07, 6.45) is 0. The number of benzene rings is 1. The molecule has 1 rings (SSSR count). The summed E-state index contributed by atoms with van der Waals surface area (Å²) in [6, 6.07) is 6.72. The van der Waals surface area contributed by atoms with Crippen LogP contribution in [-0.4, -0.2) is 24.1 Å². The molecule has 0 saturated heterocycles. The van der Waals surface area contributed by atoms with Crippen LogP contribution >= 0.6 is 12.2 Å². The predicted molar refractivity (Wildman–Crippen MR) is 67.8 cm³/mol. The number of esters is 1. The molecule has 0 bridgehead atoms. The van der Waals surface area contributed by atoms with E-state index in [1.165, 1.54) is 14.0 Å². The quantitative estimate of drug-likeness (QED) is 0.613. The lowest BCUT2D eigenvalue weighted by Gasteiger charge is -2.11. The van der Waals surface area contributed by atoms with Crippen molar-refractivity contribution in [2.45, 2.75) is 6.92 Å². The van der Waals surface area contributed by atoms with Crippen LogP contribution in [0.15, 0.2) is 24.3 Å². The van der Waals surface area contributed by atoms with E-state index in [1.54, 1.807) is 24.3 Å². The molecule has 2 N–H and O–H groups in total. The maximum absolute atomic E-state index is 11.4. The third kappa shape index (κ3) is 3.84. The summed E-state index contributed by atoms with van der Waals surface area (Å²) in [7, 11) is 1.30. The molecule has 0 aliphatic heterocycles. The van der Waals surface area contributed by atoms with E-state index in [0.29, 0.717) is 11.3 Å². The highest BCUT2D eigenvalue weighted by molar-refractivity contribution is 7.80. The van der Waals surface area contributed by atoms with Crippen molar-refractivity contribution >= 4 is 34.9 Å². The van der Waals surface area contributed by atoms with Gasteiger partial charge in [-0.1, -0.05) is 12.1 Å². The molecule has 0 radical (unpaired) electrons. The van der Waals surface area contributed by atoms with Crippen LogP contribution in [0.1, 0.15) is 17.3 Å². The summed E-state index contributed by atoms with van der Waals surface area (Å²) in [5.74, 6) is -0.753. The molecule has 0 aromatic heterocycles. The van der Waals surface area contributed by atoms with E-state index in [0.717, 1.165) is 0 Å². The molecule has 0 saturated carbocycles. The molecule has 0 spiro atoms. The Labute approximate surface area is 104 Å². The van der Waals surface area contributed by atoms with Crippen LogP contribution in [0.25, 0.3) is 0 Å². The minimum atomic E-state index is -0.473. The number of hydrogen-bond donors (Lipinski definition) is 2. The average molecular weight is 252 g/mol. The summed E-state index contributed by atoms with van der Waals surface area (Å²) in [4.78, 5) is 22.2. The summed E-state index contributed by atoms with van der Waals surface area (Å²) >= 11 is 4.90. The number of hydrogen-bond acceptors (Lipinski definition) is 4. The Morgan fingerprint density at radius 3 is 2.53 bits per heavy atom. The lowest BCUT2D eigenvalue weighted by molar-refractivity contribution is -0.117. The number of amides is 1. The Bertz CT molecular complexity index is 460. The van der Waals surface area contributed by atoms with Gasteiger partial charge >= 0.3 is 5.97 Å². The van der Waals surface area contributed by atoms with Crippen molar-refractivity contribution in [1.29, 1.82) is 0 Å². The molecule has 1 amide bonds. The second-order valence-corrected chi connectivity index (χ2v) is 3.58. The molecular weight excluding hydrogens is 240 g/mol. The number of carbonyl (C=O) groups excluding carboxylic acids is 2. The maximum atomic E-state index is 11.4. The largest absolute Gasteiger partial charge is 0.465 e. The molecular formula is C11H12N2O3S. The molecule has 1 aromatic rings. The summed E-state index contributed by atoms with van der Waals surface area (Å²) in [6.45, 7) is 1.35. The van der Waals surface area contributed by atoms with Gasteiger partial charge in [0, 0.05) is 6.92 Å². The van der Waals surface area contributed by atoms with Crippen LogP contribution in [0, 0.1) is 0 Å². The first-order chi connectivity index (χ1) is 8.04. The van der Waals surface area contributed by atoms with Crippen molar-refractivity contribution in [2.75, 3.05) is 12.4 Å². The van der Waals surface area contributed by atoms with Crippen LogP contribution in [0.4, 0.5) is 5.69 Å². The van der Waals surface area contributed by atoms with Crippen molar-refractivity contribution in [2.24, 2.45) is 0 Å². The SMILES string of the molecule is COC(=O)c1ccccc1NC(=S)NC(C)=O. The highest BCUT2D eigenvalue weighted by Gasteiger charge is 2.11. The van der Waals surface area contributed by atoms with Gasteiger partial charge in [0.05, 0.1) is 18.4 Å². The maximum Gasteiger partial charge on any atom is 0.339 e. The van der Waals surface area contributed by atoms with Gasteiger partial charge in [-0.3, -0.25) is 4.79 Å². The second-order valence-electron chi connectivity index (χ2n) is 3.17. The molecule has 0 aliphatic rings. The number of nitrogens with one attached hydrogen (secondary N) is 2. The van der Waals surface area contributed by atoms with Gasteiger partial charge in [0.1, 0.15) is 0 Å². The first kappa shape index (κ1) is 13.1. The monoisotopic (exact) mass is 252 g/mol. The van der Waals surface area contributed by atoms with Crippen molar-refractivity contribution in [1.82, 2.24) is 5.32 Å². The minimum absolute atomic E-state index is 0.133. The van der Waals surface area contributed by atoms with Gasteiger partial charge in [0.15, 0.2) is 5.11 Å². The average Bonchev–Trinajstić information content (AvgIpc) is 2.27. The summed E-state index contributed by atoms with van der Waals surface area (Å²) in [5, 5.41) is 5.29. The van der Waals surface area contributed by atoms with Crippen LogP contribution in [0.2, 0.25) is 0 Å². The summed E-state index contributed by atoms with van der Waals surface area (Å²) < 4.78 is 4.63. The fourth-order valence-electron chi connectivity index (χ4n) is 1.19. The molecule has 1 aromatic carbocycles. The van der Waals surface area contributed by atoms with E-state index in [-0.39, 0.29) is 11.0 Å². The van der Waals surface area contributed by atoms with E-state index in [4.69, 9.17) is 12.2 Å². The number of rotatable bonds is 2. The lowest BCUT2D eigenvalue weighted by Crippen LogP contribution is -2.32. The van der Waals surface area contributed by atoms with Gasteiger partial charge in [-0.15, -0.1) is 0 Å². The highest BCUT2D eigenvalue weighted by atomic mass is 32.1. The first-order valence-electron chi connectivity index (χ1n) is 4.80. The van der Waals surface area contributed by atoms with E-state index in [9.17, 15) is 9.59 Å². The van der Waals surface area contributed by atoms with Crippen molar-refractivity contribution in [3.8, 4) is 0 Å². The van der Waals surface area contributed by atoms with Crippen LogP contribution in [-0.2, 0) is 9.53 Å². The zero-order chi connectivity index (χ0) is 12.8. The molecule has 5 nitrogen and oxygen atoms in total. The lowest BCUT2D eigenvalue weighted by atomic mass is 10.2. The van der Waals surface area contributed by atoms with Gasteiger partial charge in [0.2, 0.25) is 5.91 Å². The Morgan fingerprint density at radius 1 is 1.29 bits per heavy atom. The molecule has 0 unspecified atom stereocenters. The van der Waals surface area contributed by atoms with Crippen molar-refractivity contribution in [3.63, 3.8) is 0 Å². The molecule has 0 atom stereocenters. The number of carbonyl (C=O) groups is 2. The van der Waals surface area contributed by atoms with Gasteiger partial charge in [-0.05, 0) is 24.4 Å². The second kappa shape index (κ2) is 5.95. The minimum Gasteiger partial charge on any atom is -0.465 e. The van der Waals surface area contributed by atoms with Gasteiger partial charge in [-0.2, -0.15) is 0 Å². The fraction of sp³-hybridized carbons (Fsp3) is 0.182. The molecule has 0 fully saturated rings. The molecule has 6 heteroatoms. The Kier molecular flexibility index (Phi) is 4.59. The Morgan fingerprint density at radius 2 is 1.94 bits per heavy atom. The molecule has 0 aliphatic carbocycles. The normalized spacial score (nSPS) is 9.29. The van der Waals surface area contributed by atoms with Gasteiger partial charge in [0.25, 0.3) is 0 Å². The van der Waals surface area contributed by atoms with Crippen molar-refractivity contribution in [3.05, 3.63) is 29.8 Å². The van der Waals surface area contributed by atoms with Gasteiger partial charge < -0.3 is 15.4 Å². The Hall–Kier alpha value is -1.95. The number of ether oxygens (including phenoxy) is 1. The van der Waals surface area contributed by atoms with Crippen LogP contribution in [0.3, 0.4) is 0 Å². The zero-order valence-electron chi connectivity index (χ0n) is 9.44. The molecule has 90 valence electrons. The number of thiocarbonyl (C=S) groups is 1. The van der Waals surface area contributed by atoms with E-state index >= 15 is 0 Å². The van der Waals surface area contributed by atoms with Crippen LogP contribution in [0.5, 0.6) is 0 Å². The number of anilines is 1. The van der Waals surface area contributed by atoms with Crippen LogP contribution < -0.4 is 10.6 Å².